The van der Waals surface area contributed by atoms with Crippen LogP contribution in [0, 0.1) is 0 Å². The summed E-state index contributed by atoms with van der Waals surface area (Å²) < 4.78 is 7.72. The lowest BCUT2D eigenvalue weighted by atomic mass is 10.0. The number of ether oxygens (including phenoxy) is 1. The molecule has 3 aromatic heterocycles. The zero-order valence-corrected chi connectivity index (χ0v) is 17.2. The van der Waals surface area contributed by atoms with Crippen molar-refractivity contribution >= 4 is 32.8 Å². The lowest BCUT2D eigenvalue weighted by Gasteiger charge is -2.22. The molecule has 0 aliphatic heterocycles. The van der Waals surface area contributed by atoms with Crippen molar-refractivity contribution in [1.82, 2.24) is 9.30 Å². The van der Waals surface area contributed by atoms with Gasteiger partial charge in [0, 0.05) is 32.0 Å². The highest BCUT2D eigenvalue weighted by Gasteiger charge is 2.22. The number of aromatic nitrogens is 1. The van der Waals surface area contributed by atoms with Crippen molar-refractivity contribution in [3.8, 4) is 11.1 Å². The Morgan fingerprint density at radius 1 is 1.17 bits per heavy atom. The molecule has 3 heterocycles. The number of nitrogens with zero attached hydrogens (tertiary/aromatic N) is 2. The number of likely N-dealkylation sites (N-methyl/N-ethyl adjacent to an activating group) is 1. The third kappa shape index (κ3) is 3.45. The molecule has 0 fully saturated rings. The van der Waals surface area contributed by atoms with Crippen molar-refractivity contribution in [2.75, 3.05) is 26.8 Å². The zero-order chi connectivity index (χ0) is 20.4. The van der Waals surface area contributed by atoms with Gasteiger partial charge in [-0.2, -0.15) is 0 Å². The molecule has 1 amide bonds. The number of hydrogen-bond acceptors (Lipinski definition) is 4. The molecule has 4 rings (SSSR count). The van der Waals surface area contributed by atoms with Crippen molar-refractivity contribution in [3.05, 3.63) is 76.0 Å². The minimum atomic E-state index is -0.127. The van der Waals surface area contributed by atoms with Crippen LogP contribution in [-0.2, 0) is 4.74 Å². The van der Waals surface area contributed by atoms with Gasteiger partial charge in [-0.1, -0.05) is 30.3 Å². The third-order valence-corrected chi connectivity index (χ3v) is 6.03. The quantitative estimate of drug-likeness (QED) is 0.480. The maximum Gasteiger partial charge on any atom is 0.263 e. The predicted molar refractivity (Wildman–Crippen MR) is 118 cm³/mol. The van der Waals surface area contributed by atoms with Crippen LogP contribution >= 0.6 is 11.3 Å². The van der Waals surface area contributed by atoms with Gasteiger partial charge in [0.1, 0.15) is 0 Å². The highest BCUT2D eigenvalue weighted by molar-refractivity contribution is 7.18. The van der Waals surface area contributed by atoms with E-state index < -0.39 is 0 Å². The lowest BCUT2D eigenvalue weighted by molar-refractivity contribution is 0.0708. The predicted octanol–water partition coefficient (Wildman–Crippen LogP) is 4.29. The molecule has 0 aliphatic carbocycles. The molecule has 0 aliphatic rings. The molecular formula is C23H22N2O3S. The van der Waals surface area contributed by atoms with Gasteiger partial charge in [-0.25, -0.2) is 0 Å². The van der Waals surface area contributed by atoms with E-state index in [2.05, 4.69) is 0 Å². The molecule has 0 atom stereocenters. The Kier molecular flexibility index (Phi) is 5.47. The fourth-order valence-electron chi connectivity index (χ4n) is 3.57. The van der Waals surface area contributed by atoms with Gasteiger partial charge in [-0.05, 0) is 41.5 Å². The molecule has 4 aromatic rings. The Hall–Kier alpha value is -2.96. The average molecular weight is 407 g/mol. The van der Waals surface area contributed by atoms with Crippen LogP contribution in [-0.4, -0.2) is 42.0 Å². The van der Waals surface area contributed by atoms with Crippen molar-refractivity contribution in [3.63, 3.8) is 0 Å². The second-order valence-electron chi connectivity index (χ2n) is 6.76. The van der Waals surface area contributed by atoms with Crippen molar-refractivity contribution in [1.29, 1.82) is 0 Å². The summed E-state index contributed by atoms with van der Waals surface area (Å²) in [6.45, 7) is 3.47. The normalized spacial score (nSPS) is 11.2. The van der Waals surface area contributed by atoms with Crippen LogP contribution in [0.15, 0.2) is 64.9 Å². The molecule has 6 heteroatoms. The number of hydrogen-bond donors (Lipinski definition) is 0. The van der Waals surface area contributed by atoms with E-state index >= 15 is 0 Å². The fourth-order valence-corrected chi connectivity index (χ4v) is 4.51. The molecule has 29 heavy (non-hydrogen) atoms. The Balaban J connectivity index is 2.02. The van der Waals surface area contributed by atoms with Crippen LogP contribution in [0.5, 0.6) is 0 Å². The first-order valence-corrected chi connectivity index (χ1v) is 10.4. The first kappa shape index (κ1) is 19.4. The monoisotopic (exact) mass is 406 g/mol. The first-order chi connectivity index (χ1) is 14.2. The summed E-state index contributed by atoms with van der Waals surface area (Å²) in [5.74, 6) is -0.0971. The number of thiophene rings is 1. The van der Waals surface area contributed by atoms with Gasteiger partial charge in [-0.15, -0.1) is 11.3 Å². The topological polar surface area (TPSA) is 51.0 Å². The number of benzene rings is 1. The standard InChI is InChI=1S/C23H22N2O3S/c1-3-24(12-13-28-2)22(26)19-15-18(16-7-5-4-6-8-16)23(27)25-11-9-17-10-14-29-21(17)20(19)25/h4-11,14-15H,3,12-13H2,1-2H3. The molecule has 148 valence electrons. The number of pyridine rings is 2. The Labute approximate surface area is 172 Å². The summed E-state index contributed by atoms with van der Waals surface area (Å²) >= 11 is 1.54. The highest BCUT2D eigenvalue weighted by Crippen LogP contribution is 2.30. The molecule has 0 saturated heterocycles. The third-order valence-electron chi connectivity index (χ3n) is 5.10. The maximum atomic E-state index is 13.5. The summed E-state index contributed by atoms with van der Waals surface area (Å²) in [4.78, 5) is 28.6. The molecule has 0 bridgehead atoms. The summed E-state index contributed by atoms with van der Waals surface area (Å²) in [5.41, 5.74) is 2.40. The van der Waals surface area contributed by atoms with Gasteiger partial charge in [-0.3, -0.25) is 14.0 Å². The first-order valence-electron chi connectivity index (χ1n) is 9.55. The lowest BCUT2D eigenvalue weighted by Crippen LogP contribution is -2.34. The number of carbonyl (C=O) groups excluding carboxylic acids is 1. The highest BCUT2D eigenvalue weighted by atomic mass is 32.1. The van der Waals surface area contributed by atoms with Crippen LogP contribution in [0.2, 0.25) is 0 Å². The van der Waals surface area contributed by atoms with E-state index in [1.807, 2.05) is 54.8 Å². The maximum absolute atomic E-state index is 13.5. The molecule has 0 N–H and O–H groups in total. The Bertz CT molecular complexity index is 1230. The van der Waals surface area contributed by atoms with Crippen LogP contribution < -0.4 is 5.56 Å². The van der Waals surface area contributed by atoms with E-state index in [-0.39, 0.29) is 11.5 Å². The van der Waals surface area contributed by atoms with Crippen molar-refractivity contribution < 1.29 is 9.53 Å². The largest absolute Gasteiger partial charge is 0.383 e. The van der Waals surface area contributed by atoms with Crippen molar-refractivity contribution in [2.45, 2.75) is 6.92 Å². The fraction of sp³-hybridized carbons (Fsp3) is 0.217. The molecule has 5 nitrogen and oxygen atoms in total. The van der Waals surface area contributed by atoms with E-state index in [1.54, 1.807) is 40.0 Å². The van der Waals surface area contributed by atoms with Gasteiger partial charge in [0.15, 0.2) is 0 Å². The number of fused-ring (bicyclic) bond motifs is 3. The van der Waals surface area contributed by atoms with E-state index in [1.165, 1.54) is 0 Å². The van der Waals surface area contributed by atoms with Gasteiger partial charge in [0.05, 0.1) is 22.4 Å². The molecule has 1 aromatic carbocycles. The second-order valence-corrected chi connectivity index (χ2v) is 7.68. The molecule has 0 unspecified atom stereocenters. The van der Waals surface area contributed by atoms with Crippen LogP contribution in [0.3, 0.4) is 0 Å². The van der Waals surface area contributed by atoms with Gasteiger partial charge < -0.3 is 9.64 Å². The van der Waals surface area contributed by atoms with Gasteiger partial charge in [0.2, 0.25) is 0 Å². The summed E-state index contributed by atoms with van der Waals surface area (Å²) in [7, 11) is 1.62. The van der Waals surface area contributed by atoms with Crippen LogP contribution in [0.4, 0.5) is 0 Å². The second kappa shape index (κ2) is 8.19. The summed E-state index contributed by atoms with van der Waals surface area (Å²) in [5, 5.41) is 3.01. The van der Waals surface area contributed by atoms with Gasteiger partial charge in [0.25, 0.3) is 11.5 Å². The zero-order valence-electron chi connectivity index (χ0n) is 16.4. The minimum absolute atomic E-state index is 0.0971. The number of methoxy groups -OCH3 is 1. The van der Waals surface area contributed by atoms with Gasteiger partial charge >= 0.3 is 0 Å². The van der Waals surface area contributed by atoms with E-state index in [9.17, 15) is 9.59 Å². The summed E-state index contributed by atoms with van der Waals surface area (Å²) in [6, 6.07) is 15.2. The summed E-state index contributed by atoms with van der Waals surface area (Å²) in [6.07, 6.45) is 1.77. The van der Waals surface area contributed by atoms with E-state index in [4.69, 9.17) is 4.74 Å². The molecule has 0 radical (unpaired) electrons. The van der Waals surface area contributed by atoms with Crippen molar-refractivity contribution in [2.24, 2.45) is 0 Å². The Morgan fingerprint density at radius 2 is 1.97 bits per heavy atom. The van der Waals surface area contributed by atoms with E-state index in [0.717, 1.165) is 15.6 Å². The van der Waals surface area contributed by atoms with Crippen LogP contribution in [0.25, 0.3) is 26.7 Å². The van der Waals surface area contributed by atoms with E-state index in [0.29, 0.717) is 36.3 Å². The molecular weight excluding hydrogens is 384 g/mol. The average Bonchev–Trinajstić information content (AvgIpc) is 3.24. The Morgan fingerprint density at radius 3 is 2.69 bits per heavy atom. The molecule has 0 spiro atoms. The molecule has 0 saturated carbocycles. The number of rotatable bonds is 6. The number of carbonyl (C=O) groups is 1. The smallest absolute Gasteiger partial charge is 0.263 e. The van der Waals surface area contributed by atoms with Crippen LogP contribution in [0.1, 0.15) is 17.3 Å². The SMILES string of the molecule is CCN(CCOC)C(=O)c1cc(-c2ccccc2)c(=O)n2ccc3ccsc3c12. The number of amides is 1. The minimum Gasteiger partial charge on any atom is -0.383 e.